The van der Waals surface area contributed by atoms with Crippen LogP contribution in [-0.4, -0.2) is 48.3 Å². The van der Waals surface area contributed by atoms with Gasteiger partial charge in [0.1, 0.15) is 0 Å². The van der Waals surface area contributed by atoms with Gasteiger partial charge in [0.15, 0.2) is 0 Å². The molecule has 0 amide bonds. The van der Waals surface area contributed by atoms with E-state index in [-0.39, 0.29) is 12.6 Å². The number of hydrazine groups is 1. The smallest absolute Gasteiger partial charge is 0.203 e. The van der Waals surface area contributed by atoms with Gasteiger partial charge >= 0.3 is 0 Å². The van der Waals surface area contributed by atoms with Crippen molar-refractivity contribution in [3.05, 3.63) is 0 Å². The van der Waals surface area contributed by atoms with E-state index in [1.807, 2.05) is 0 Å². The molecule has 0 aromatic rings. The van der Waals surface area contributed by atoms with Crippen molar-refractivity contribution in [2.75, 3.05) is 27.2 Å². The Hall–Kier alpha value is -0.810. The number of aliphatic hydroxyl groups is 1. The van der Waals surface area contributed by atoms with Crippen molar-refractivity contribution in [1.29, 1.82) is 5.41 Å². The lowest BCUT2D eigenvalue weighted by Gasteiger charge is -2.27. The highest BCUT2D eigenvalue weighted by Crippen LogP contribution is 1.87. The Morgan fingerprint density at radius 1 is 1.60 bits per heavy atom. The molecule has 0 aromatic carbocycles. The van der Waals surface area contributed by atoms with Gasteiger partial charge < -0.3 is 10.8 Å². The Morgan fingerprint density at radius 2 is 2.10 bits per heavy atom. The first-order valence-electron chi connectivity index (χ1n) is 2.99. The molecule has 0 saturated carbocycles. The van der Waals surface area contributed by atoms with Crippen molar-refractivity contribution in [3.8, 4) is 0 Å². The molecule has 0 spiro atoms. The minimum absolute atomic E-state index is 0.00222. The molecule has 5 heteroatoms. The predicted octanol–water partition coefficient (Wildman–Crippen LogP) is -1.35. The van der Waals surface area contributed by atoms with Gasteiger partial charge in [-0.1, -0.05) is 0 Å². The second-order valence-electron chi connectivity index (χ2n) is 2.08. The summed E-state index contributed by atoms with van der Waals surface area (Å²) in [5.74, 6) is -0.0564. The molecule has 10 heavy (non-hydrogen) atoms. The molecule has 0 fully saturated rings. The van der Waals surface area contributed by atoms with Crippen molar-refractivity contribution >= 4 is 5.96 Å². The summed E-state index contributed by atoms with van der Waals surface area (Å²) in [7, 11) is 3.52. The number of nitrogens with two attached hydrogens (primary N) is 1. The van der Waals surface area contributed by atoms with Crippen LogP contribution in [0, 0.1) is 5.41 Å². The van der Waals surface area contributed by atoms with Gasteiger partial charge in [0.05, 0.1) is 13.2 Å². The van der Waals surface area contributed by atoms with Crippen LogP contribution < -0.4 is 5.73 Å². The van der Waals surface area contributed by atoms with Crippen LogP contribution >= 0.6 is 0 Å². The SMILES string of the molecule is CN(C)N(CCO)C(=N)N. The maximum atomic E-state index is 8.51. The summed E-state index contributed by atoms with van der Waals surface area (Å²) in [6, 6.07) is 0. The van der Waals surface area contributed by atoms with Crippen molar-refractivity contribution in [1.82, 2.24) is 10.0 Å². The first-order chi connectivity index (χ1) is 4.59. The van der Waals surface area contributed by atoms with Crippen LogP contribution in [0.15, 0.2) is 0 Å². The monoisotopic (exact) mass is 146 g/mol. The van der Waals surface area contributed by atoms with E-state index < -0.39 is 0 Å². The van der Waals surface area contributed by atoms with Crippen molar-refractivity contribution in [2.24, 2.45) is 5.73 Å². The van der Waals surface area contributed by atoms with Gasteiger partial charge in [-0.05, 0) is 0 Å². The summed E-state index contributed by atoms with van der Waals surface area (Å²) < 4.78 is 0. The van der Waals surface area contributed by atoms with Crippen LogP contribution in [0.25, 0.3) is 0 Å². The molecular weight excluding hydrogens is 132 g/mol. The number of hydrogen-bond donors (Lipinski definition) is 3. The quantitative estimate of drug-likeness (QED) is 0.261. The standard InChI is InChI=1S/C5H14N4O/c1-8(2)9(3-4-10)5(6)7/h10H,3-4H2,1-2H3,(H3,6,7). The largest absolute Gasteiger partial charge is 0.394 e. The summed E-state index contributed by atoms with van der Waals surface area (Å²) >= 11 is 0. The fourth-order valence-electron chi connectivity index (χ4n) is 0.631. The van der Waals surface area contributed by atoms with E-state index in [2.05, 4.69) is 0 Å². The van der Waals surface area contributed by atoms with Crippen LogP contribution in [0.5, 0.6) is 0 Å². The zero-order valence-electron chi connectivity index (χ0n) is 6.33. The van der Waals surface area contributed by atoms with E-state index in [9.17, 15) is 0 Å². The molecule has 0 aromatic heterocycles. The maximum absolute atomic E-state index is 8.51. The maximum Gasteiger partial charge on any atom is 0.203 e. The predicted molar refractivity (Wildman–Crippen MR) is 39.4 cm³/mol. The molecule has 0 aliphatic rings. The van der Waals surface area contributed by atoms with Gasteiger partial charge in [-0.15, -0.1) is 0 Å². The minimum atomic E-state index is -0.0564. The number of hydrogen-bond acceptors (Lipinski definition) is 3. The third kappa shape index (κ3) is 2.65. The van der Waals surface area contributed by atoms with Gasteiger partial charge in [0.25, 0.3) is 0 Å². The molecule has 0 rings (SSSR count). The third-order valence-corrected chi connectivity index (χ3v) is 1.07. The molecule has 0 atom stereocenters. The highest BCUT2D eigenvalue weighted by molar-refractivity contribution is 5.73. The van der Waals surface area contributed by atoms with Gasteiger partial charge in [-0.25, -0.2) is 5.01 Å². The summed E-state index contributed by atoms with van der Waals surface area (Å²) in [4.78, 5) is 0. The summed E-state index contributed by atoms with van der Waals surface area (Å²) in [6.07, 6.45) is 0. The van der Waals surface area contributed by atoms with E-state index in [0.717, 1.165) is 0 Å². The van der Waals surface area contributed by atoms with E-state index in [4.69, 9.17) is 16.2 Å². The average molecular weight is 146 g/mol. The van der Waals surface area contributed by atoms with Crippen LogP contribution in [0.1, 0.15) is 0 Å². The molecular formula is C5H14N4O. The topological polar surface area (TPSA) is 76.6 Å². The molecule has 0 aliphatic carbocycles. The van der Waals surface area contributed by atoms with Crippen molar-refractivity contribution in [3.63, 3.8) is 0 Å². The molecule has 0 saturated heterocycles. The van der Waals surface area contributed by atoms with Gasteiger partial charge in [0, 0.05) is 14.1 Å². The second-order valence-corrected chi connectivity index (χ2v) is 2.08. The Bertz CT molecular complexity index is 114. The summed E-state index contributed by atoms with van der Waals surface area (Å²) in [6.45, 7) is 0.361. The molecule has 0 heterocycles. The summed E-state index contributed by atoms with van der Waals surface area (Å²) in [5.41, 5.74) is 5.18. The highest BCUT2D eigenvalue weighted by Gasteiger charge is 2.06. The van der Waals surface area contributed by atoms with Crippen molar-refractivity contribution in [2.45, 2.75) is 0 Å². The molecule has 4 N–H and O–H groups in total. The Morgan fingerprint density at radius 3 is 2.20 bits per heavy atom. The van der Waals surface area contributed by atoms with Crippen LogP contribution in [-0.2, 0) is 0 Å². The molecule has 0 aliphatic heterocycles. The lowest BCUT2D eigenvalue weighted by molar-refractivity contribution is 0.0839. The molecule has 0 unspecified atom stereocenters. The lowest BCUT2D eigenvalue weighted by atomic mass is 10.6. The van der Waals surface area contributed by atoms with Crippen LogP contribution in [0.3, 0.4) is 0 Å². The normalized spacial score (nSPS) is 10.0. The molecule has 0 radical (unpaired) electrons. The summed E-state index contributed by atoms with van der Waals surface area (Å²) in [5, 5.41) is 18.7. The van der Waals surface area contributed by atoms with Crippen LogP contribution in [0.2, 0.25) is 0 Å². The van der Waals surface area contributed by atoms with Gasteiger partial charge in [0.2, 0.25) is 5.96 Å². The third-order valence-electron chi connectivity index (χ3n) is 1.07. The Kier molecular flexibility index (Phi) is 3.75. The van der Waals surface area contributed by atoms with E-state index in [1.54, 1.807) is 19.1 Å². The van der Waals surface area contributed by atoms with E-state index in [0.29, 0.717) is 6.54 Å². The number of guanidine groups is 1. The Balaban J connectivity index is 3.85. The zero-order chi connectivity index (χ0) is 8.15. The van der Waals surface area contributed by atoms with Gasteiger partial charge in [-0.2, -0.15) is 0 Å². The number of rotatable bonds is 3. The number of nitrogens with zero attached hydrogens (tertiary/aromatic N) is 2. The van der Waals surface area contributed by atoms with Crippen LogP contribution in [0.4, 0.5) is 0 Å². The second kappa shape index (κ2) is 4.08. The highest BCUT2D eigenvalue weighted by atomic mass is 16.3. The molecule has 0 bridgehead atoms. The number of aliphatic hydroxyl groups excluding tert-OH is 1. The molecule has 60 valence electrons. The first-order valence-corrected chi connectivity index (χ1v) is 2.99. The minimum Gasteiger partial charge on any atom is -0.394 e. The molecule has 5 nitrogen and oxygen atoms in total. The average Bonchev–Trinajstić information content (AvgIpc) is 1.81. The van der Waals surface area contributed by atoms with E-state index >= 15 is 0 Å². The fourth-order valence-corrected chi connectivity index (χ4v) is 0.631. The lowest BCUT2D eigenvalue weighted by Crippen LogP contribution is -2.46. The van der Waals surface area contributed by atoms with E-state index in [1.165, 1.54) is 5.01 Å². The fraction of sp³-hybridized carbons (Fsp3) is 0.800. The van der Waals surface area contributed by atoms with Gasteiger partial charge in [-0.3, -0.25) is 10.4 Å². The zero-order valence-corrected chi connectivity index (χ0v) is 6.33. The Labute approximate surface area is 60.5 Å². The number of nitrogens with one attached hydrogen (secondary N) is 1. The first kappa shape index (κ1) is 9.19. The van der Waals surface area contributed by atoms with Crippen molar-refractivity contribution < 1.29 is 5.11 Å².